The minimum Gasteiger partial charge on any atom is -0.310 e. The van der Waals surface area contributed by atoms with E-state index in [1.807, 2.05) is 0 Å². The highest BCUT2D eigenvalue weighted by Crippen LogP contribution is 2.42. The standard InChI is InChI=1S/C66H44N4/c1-4-16-49(17-5-1)68-61-25-13-10-22-55(61)58-39-32-47(42-64(58)68)45-28-34-52(35-29-45)67(54-38-41-60-57-24-12-15-27-63(57)70(66(60)44-54)51-20-8-3-9-21-51)53-36-30-46(31-37-53)48-33-40-59-56-23-11-14-26-62(56)69(65(59)43-48)50-18-6-2-7-19-50/h1-44H. The van der Waals surface area contributed by atoms with Crippen molar-refractivity contribution in [3.8, 4) is 39.3 Å². The van der Waals surface area contributed by atoms with Crippen molar-refractivity contribution < 1.29 is 0 Å². The third kappa shape index (κ3) is 6.38. The monoisotopic (exact) mass is 892 g/mol. The lowest BCUT2D eigenvalue weighted by molar-refractivity contribution is 1.18. The summed E-state index contributed by atoms with van der Waals surface area (Å²) in [4.78, 5) is 2.40. The molecule has 14 rings (SSSR count). The highest BCUT2D eigenvalue weighted by atomic mass is 15.1. The van der Waals surface area contributed by atoms with Gasteiger partial charge in [0.05, 0.1) is 33.1 Å². The van der Waals surface area contributed by atoms with Crippen molar-refractivity contribution in [2.45, 2.75) is 0 Å². The van der Waals surface area contributed by atoms with E-state index in [1.165, 1.54) is 71.0 Å². The largest absolute Gasteiger partial charge is 0.310 e. The topological polar surface area (TPSA) is 18.0 Å². The molecular weight excluding hydrogens is 849 g/mol. The van der Waals surface area contributed by atoms with Gasteiger partial charge in [-0.25, -0.2) is 0 Å². The van der Waals surface area contributed by atoms with Crippen LogP contribution in [0.25, 0.3) is 105 Å². The second kappa shape index (κ2) is 16.2. The number of benzene rings is 11. The van der Waals surface area contributed by atoms with Gasteiger partial charge >= 0.3 is 0 Å². The van der Waals surface area contributed by atoms with Crippen molar-refractivity contribution in [2.75, 3.05) is 4.90 Å². The lowest BCUT2D eigenvalue weighted by atomic mass is 10.0. The molecule has 3 aromatic heterocycles. The molecule has 0 N–H and O–H groups in total. The number of aromatic nitrogens is 3. The van der Waals surface area contributed by atoms with Crippen LogP contribution in [0.5, 0.6) is 0 Å². The zero-order valence-electron chi connectivity index (χ0n) is 38.2. The molecule has 0 spiro atoms. The quantitative estimate of drug-likeness (QED) is 0.149. The van der Waals surface area contributed by atoms with Crippen LogP contribution in [0.15, 0.2) is 267 Å². The van der Waals surface area contributed by atoms with Crippen LogP contribution in [-0.4, -0.2) is 13.7 Å². The fourth-order valence-electron chi connectivity index (χ4n) is 11.0. The number of hydrogen-bond donors (Lipinski definition) is 0. The molecular formula is C66H44N4. The van der Waals surface area contributed by atoms with Gasteiger partial charge < -0.3 is 18.6 Å². The highest BCUT2D eigenvalue weighted by molar-refractivity contribution is 6.12. The second-order valence-corrected chi connectivity index (χ2v) is 18.2. The summed E-state index contributed by atoms with van der Waals surface area (Å²) in [5.74, 6) is 0. The predicted octanol–water partition coefficient (Wildman–Crippen LogP) is 17.8. The molecule has 0 atom stereocenters. The molecule has 0 saturated carbocycles. The van der Waals surface area contributed by atoms with Gasteiger partial charge in [-0.3, -0.25) is 0 Å². The van der Waals surface area contributed by atoms with E-state index in [-0.39, 0.29) is 0 Å². The minimum absolute atomic E-state index is 1.08. The molecule has 0 aliphatic carbocycles. The van der Waals surface area contributed by atoms with Crippen LogP contribution in [0, 0.1) is 0 Å². The molecule has 328 valence electrons. The third-order valence-corrected chi connectivity index (χ3v) is 14.2. The van der Waals surface area contributed by atoms with Crippen molar-refractivity contribution in [1.29, 1.82) is 0 Å². The molecule has 0 bridgehead atoms. The van der Waals surface area contributed by atoms with Crippen molar-refractivity contribution in [3.63, 3.8) is 0 Å². The first-order chi connectivity index (χ1) is 34.7. The van der Waals surface area contributed by atoms with Crippen molar-refractivity contribution in [1.82, 2.24) is 13.7 Å². The van der Waals surface area contributed by atoms with E-state index in [9.17, 15) is 0 Å². The first-order valence-electron chi connectivity index (χ1n) is 24.0. The molecule has 14 aromatic rings. The highest BCUT2D eigenvalue weighted by Gasteiger charge is 2.20. The van der Waals surface area contributed by atoms with Crippen LogP contribution in [0.1, 0.15) is 0 Å². The van der Waals surface area contributed by atoms with Crippen molar-refractivity contribution in [3.05, 3.63) is 267 Å². The van der Waals surface area contributed by atoms with Gasteiger partial charge in [0.2, 0.25) is 0 Å². The Morgan fingerprint density at radius 1 is 0.200 bits per heavy atom. The van der Waals surface area contributed by atoms with E-state index < -0.39 is 0 Å². The maximum atomic E-state index is 2.40. The Morgan fingerprint density at radius 2 is 0.486 bits per heavy atom. The molecule has 0 saturated heterocycles. The van der Waals surface area contributed by atoms with E-state index in [4.69, 9.17) is 0 Å². The summed E-state index contributed by atoms with van der Waals surface area (Å²) >= 11 is 0. The molecule has 0 fully saturated rings. The first-order valence-corrected chi connectivity index (χ1v) is 24.0. The van der Waals surface area contributed by atoms with Crippen LogP contribution < -0.4 is 4.90 Å². The fraction of sp³-hybridized carbons (Fsp3) is 0. The van der Waals surface area contributed by atoms with Gasteiger partial charge in [-0.05, 0) is 125 Å². The van der Waals surface area contributed by atoms with Crippen LogP contribution in [0.3, 0.4) is 0 Å². The van der Waals surface area contributed by atoms with Gasteiger partial charge in [0, 0.05) is 66.4 Å². The molecule has 3 heterocycles. The predicted molar refractivity (Wildman–Crippen MR) is 295 cm³/mol. The first kappa shape index (κ1) is 39.8. The summed E-state index contributed by atoms with van der Waals surface area (Å²) < 4.78 is 7.17. The average Bonchev–Trinajstić information content (AvgIpc) is 4.07. The summed E-state index contributed by atoms with van der Waals surface area (Å²) in [6.07, 6.45) is 0. The summed E-state index contributed by atoms with van der Waals surface area (Å²) in [5.41, 5.74) is 18.5. The van der Waals surface area contributed by atoms with Gasteiger partial charge in [0.15, 0.2) is 0 Å². The van der Waals surface area contributed by atoms with E-state index in [0.717, 1.165) is 50.8 Å². The Balaban J connectivity index is 0.904. The molecule has 4 nitrogen and oxygen atoms in total. The van der Waals surface area contributed by atoms with E-state index in [2.05, 4.69) is 286 Å². The molecule has 0 amide bonds. The van der Waals surface area contributed by atoms with Gasteiger partial charge in [-0.15, -0.1) is 0 Å². The lowest BCUT2D eigenvalue weighted by Crippen LogP contribution is -2.10. The van der Waals surface area contributed by atoms with Crippen LogP contribution in [0.4, 0.5) is 17.1 Å². The van der Waals surface area contributed by atoms with Crippen molar-refractivity contribution in [2.24, 2.45) is 0 Å². The molecule has 11 aromatic carbocycles. The molecule has 0 aliphatic rings. The SMILES string of the molecule is c1ccc(-n2c3ccccc3c3ccc(-c4ccc(N(c5ccc(-c6ccc7c8ccccc8n(-c8ccccc8)c7c6)cc5)c5ccc6c7ccccc7n(-c7ccccc7)c6c5)cc4)cc32)cc1. The summed E-state index contributed by atoms with van der Waals surface area (Å²) in [5, 5.41) is 7.46. The van der Waals surface area contributed by atoms with E-state index in [0.29, 0.717) is 0 Å². The summed E-state index contributed by atoms with van der Waals surface area (Å²) in [6.45, 7) is 0. The molecule has 0 radical (unpaired) electrons. The lowest BCUT2D eigenvalue weighted by Gasteiger charge is -2.26. The Morgan fingerprint density at radius 3 is 0.871 bits per heavy atom. The number of anilines is 3. The molecule has 0 unspecified atom stereocenters. The minimum atomic E-state index is 1.08. The second-order valence-electron chi connectivity index (χ2n) is 18.2. The van der Waals surface area contributed by atoms with Crippen LogP contribution >= 0.6 is 0 Å². The summed E-state index contributed by atoms with van der Waals surface area (Å²) in [7, 11) is 0. The average molecular weight is 893 g/mol. The van der Waals surface area contributed by atoms with Crippen LogP contribution in [0.2, 0.25) is 0 Å². The summed E-state index contributed by atoms with van der Waals surface area (Å²) in [6, 6.07) is 97.1. The maximum Gasteiger partial charge on any atom is 0.0561 e. The van der Waals surface area contributed by atoms with E-state index in [1.54, 1.807) is 0 Å². The molecule has 4 heteroatoms. The molecule has 70 heavy (non-hydrogen) atoms. The van der Waals surface area contributed by atoms with Gasteiger partial charge in [-0.1, -0.05) is 164 Å². The van der Waals surface area contributed by atoms with Gasteiger partial charge in [0.25, 0.3) is 0 Å². The normalized spacial score (nSPS) is 11.7. The molecule has 0 aliphatic heterocycles. The number of nitrogens with zero attached hydrogens (tertiary/aromatic N) is 4. The number of hydrogen-bond acceptors (Lipinski definition) is 1. The Kier molecular flexibility index (Phi) is 9.17. The van der Waals surface area contributed by atoms with E-state index >= 15 is 0 Å². The van der Waals surface area contributed by atoms with Gasteiger partial charge in [0.1, 0.15) is 0 Å². The third-order valence-electron chi connectivity index (χ3n) is 14.2. The van der Waals surface area contributed by atoms with Crippen LogP contribution in [-0.2, 0) is 0 Å². The maximum absolute atomic E-state index is 2.40. The van der Waals surface area contributed by atoms with Gasteiger partial charge in [-0.2, -0.15) is 0 Å². The Labute approximate surface area is 405 Å². The zero-order chi connectivity index (χ0) is 46.1. The Hall–Kier alpha value is -9.38. The number of fused-ring (bicyclic) bond motifs is 9. The fourth-order valence-corrected chi connectivity index (χ4v) is 11.0. The van der Waals surface area contributed by atoms with Crippen molar-refractivity contribution >= 4 is 82.5 Å². The Bertz CT molecular complexity index is 4060. The smallest absolute Gasteiger partial charge is 0.0561 e. The number of para-hydroxylation sites is 6. The zero-order valence-corrected chi connectivity index (χ0v) is 38.2. The number of rotatable bonds is 8.